The van der Waals surface area contributed by atoms with Gasteiger partial charge in [0.25, 0.3) is 0 Å². The van der Waals surface area contributed by atoms with E-state index in [1.54, 1.807) is 13.2 Å². The minimum Gasteiger partial charge on any atom is -0.381 e. The Morgan fingerprint density at radius 3 is 1.97 bits per heavy atom. The number of methoxy groups -OCH3 is 1. The van der Waals surface area contributed by atoms with Gasteiger partial charge in [0.15, 0.2) is 11.6 Å². The van der Waals surface area contributed by atoms with Gasteiger partial charge in [-0.25, -0.2) is 13.2 Å². The highest BCUT2D eigenvalue weighted by molar-refractivity contribution is 5.51. The van der Waals surface area contributed by atoms with Crippen LogP contribution in [-0.4, -0.2) is 19.8 Å². The van der Waals surface area contributed by atoms with Gasteiger partial charge in [0.2, 0.25) is 0 Å². The zero-order chi connectivity index (χ0) is 24.8. The summed E-state index contributed by atoms with van der Waals surface area (Å²) in [5, 5.41) is 0. The fourth-order valence-corrected chi connectivity index (χ4v) is 5.70. The lowest BCUT2D eigenvalue weighted by Gasteiger charge is -2.30. The van der Waals surface area contributed by atoms with Gasteiger partial charge in [0, 0.05) is 19.3 Å². The minimum atomic E-state index is -0.662. The molecule has 0 radical (unpaired) electrons. The first kappa shape index (κ1) is 26.0. The molecule has 2 fully saturated rings. The maximum atomic E-state index is 15.1. The third kappa shape index (κ3) is 6.37. The summed E-state index contributed by atoms with van der Waals surface area (Å²) < 4.78 is 55.3. The molecule has 0 N–H and O–H groups in total. The molecule has 0 aromatic heterocycles. The van der Waals surface area contributed by atoms with Crippen molar-refractivity contribution in [2.75, 3.05) is 13.7 Å². The normalized spacial score (nSPS) is 25.3. The van der Waals surface area contributed by atoms with Gasteiger partial charge >= 0.3 is 0 Å². The van der Waals surface area contributed by atoms with Gasteiger partial charge in [0.1, 0.15) is 5.82 Å². The van der Waals surface area contributed by atoms with Gasteiger partial charge < -0.3 is 9.47 Å². The van der Waals surface area contributed by atoms with Crippen LogP contribution < -0.4 is 0 Å². The number of halogens is 3. The van der Waals surface area contributed by atoms with Crippen LogP contribution in [0.2, 0.25) is 0 Å². The summed E-state index contributed by atoms with van der Waals surface area (Å²) in [7, 11) is 1.71. The second-order valence-corrected chi connectivity index (χ2v) is 10.0. The van der Waals surface area contributed by atoms with E-state index in [1.165, 1.54) is 6.07 Å². The molecule has 4 rings (SSSR count). The predicted octanol–water partition coefficient (Wildman–Crippen LogP) is 8.30. The first-order valence-electron chi connectivity index (χ1n) is 13.0. The Hall–Kier alpha value is -2.11. The molecule has 2 saturated carbocycles. The van der Waals surface area contributed by atoms with Gasteiger partial charge in [-0.15, -0.1) is 0 Å². The lowest BCUT2D eigenvalue weighted by molar-refractivity contribution is 0.0655. The van der Waals surface area contributed by atoms with Gasteiger partial charge in [-0.05, 0) is 98.8 Å². The van der Waals surface area contributed by atoms with E-state index in [4.69, 9.17) is 9.47 Å². The van der Waals surface area contributed by atoms with E-state index in [2.05, 4.69) is 6.08 Å². The molecule has 2 aromatic carbocycles. The summed E-state index contributed by atoms with van der Waals surface area (Å²) >= 11 is 0. The second-order valence-electron chi connectivity index (χ2n) is 10.0. The van der Waals surface area contributed by atoms with E-state index < -0.39 is 11.6 Å². The number of hydrogen-bond donors (Lipinski definition) is 0. The van der Waals surface area contributed by atoms with Gasteiger partial charge in [-0.2, -0.15) is 0 Å². The lowest BCUT2D eigenvalue weighted by atomic mass is 9.77. The smallest absolute Gasteiger partial charge is 0.162 e. The molecule has 5 heteroatoms. The van der Waals surface area contributed by atoms with Crippen LogP contribution in [0, 0.1) is 23.4 Å². The monoisotopic (exact) mass is 486 g/mol. The van der Waals surface area contributed by atoms with Crippen LogP contribution >= 0.6 is 0 Å². The molecule has 2 nitrogen and oxygen atoms in total. The van der Waals surface area contributed by atoms with Crippen LogP contribution in [0.1, 0.15) is 92.4 Å². The SMILES string of the molecule is CCOCc1ccc(/C=C/C2CCC(c3ccc(C4CCC(OC)CC4)c(F)c3F)CC2)c(F)c1. The van der Waals surface area contributed by atoms with Crippen LogP contribution in [0.4, 0.5) is 13.2 Å². The molecule has 2 aromatic rings. The zero-order valence-electron chi connectivity index (χ0n) is 20.9. The summed E-state index contributed by atoms with van der Waals surface area (Å²) in [6.07, 6.45) is 11.0. The molecule has 2 aliphatic carbocycles. The van der Waals surface area contributed by atoms with Gasteiger partial charge in [0.05, 0.1) is 12.7 Å². The standard InChI is InChI=1S/C30H37F3O2/c1-3-35-19-21-7-11-24(28(31)18-21)10-6-20-4-8-22(9-5-20)26-16-17-27(30(33)29(26)32)23-12-14-25(34-2)15-13-23/h6-7,10-11,16-18,20,22-23,25H,3-5,8-9,12-15,19H2,1-2H3/b10-6+. The summed E-state index contributed by atoms with van der Waals surface area (Å²) in [4.78, 5) is 0. The van der Waals surface area contributed by atoms with E-state index >= 15 is 8.78 Å². The Bertz CT molecular complexity index is 1000. The molecule has 0 bridgehead atoms. The zero-order valence-corrected chi connectivity index (χ0v) is 20.9. The van der Waals surface area contributed by atoms with Crippen molar-refractivity contribution in [1.82, 2.24) is 0 Å². The Balaban J connectivity index is 1.34. The Morgan fingerprint density at radius 1 is 0.829 bits per heavy atom. The lowest BCUT2D eigenvalue weighted by Crippen LogP contribution is -2.20. The van der Waals surface area contributed by atoms with Crippen LogP contribution in [0.25, 0.3) is 6.08 Å². The largest absolute Gasteiger partial charge is 0.381 e. The fraction of sp³-hybridized carbons (Fsp3) is 0.533. The van der Waals surface area contributed by atoms with E-state index in [9.17, 15) is 4.39 Å². The average Bonchev–Trinajstić information content (AvgIpc) is 2.89. The van der Waals surface area contributed by atoms with Gasteiger partial charge in [-0.1, -0.05) is 36.4 Å². The van der Waals surface area contributed by atoms with Crippen LogP contribution in [0.3, 0.4) is 0 Å². The van der Waals surface area contributed by atoms with Crippen molar-refractivity contribution in [2.24, 2.45) is 5.92 Å². The third-order valence-electron chi connectivity index (χ3n) is 7.89. The second kappa shape index (κ2) is 12.2. The Morgan fingerprint density at radius 2 is 1.43 bits per heavy atom. The topological polar surface area (TPSA) is 18.5 Å². The molecule has 0 spiro atoms. The van der Waals surface area contributed by atoms with Crippen molar-refractivity contribution in [2.45, 2.75) is 82.8 Å². The average molecular weight is 487 g/mol. The van der Waals surface area contributed by atoms with E-state index in [0.29, 0.717) is 35.8 Å². The molecular formula is C30H37F3O2. The molecule has 35 heavy (non-hydrogen) atoms. The number of hydrogen-bond acceptors (Lipinski definition) is 2. The summed E-state index contributed by atoms with van der Waals surface area (Å²) in [5.41, 5.74) is 2.42. The number of benzene rings is 2. The molecule has 2 aliphatic rings. The van der Waals surface area contributed by atoms with Gasteiger partial charge in [-0.3, -0.25) is 0 Å². The summed E-state index contributed by atoms with van der Waals surface area (Å²) in [6.45, 7) is 2.92. The van der Waals surface area contributed by atoms with E-state index in [-0.39, 0.29) is 23.8 Å². The first-order chi connectivity index (χ1) is 17.0. The maximum Gasteiger partial charge on any atom is 0.162 e. The molecule has 0 aliphatic heterocycles. The maximum absolute atomic E-state index is 15.1. The fourth-order valence-electron chi connectivity index (χ4n) is 5.70. The molecular weight excluding hydrogens is 449 g/mol. The molecule has 0 atom stereocenters. The molecule has 0 saturated heterocycles. The number of rotatable bonds is 8. The third-order valence-corrected chi connectivity index (χ3v) is 7.89. The van der Waals surface area contributed by atoms with Crippen molar-refractivity contribution in [3.05, 3.63) is 76.1 Å². The summed E-state index contributed by atoms with van der Waals surface area (Å²) in [5.74, 6) is -1.16. The minimum absolute atomic E-state index is 0.0296. The van der Waals surface area contributed by atoms with Crippen LogP contribution in [-0.2, 0) is 16.1 Å². The van der Waals surface area contributed by atoms with Crippen molar-refractivity contribution in [3.8, 4) is 0 Å². The van der Waals surface area contributed by atoms with Crippen molar-refractivity contribution >= 4 is 6.08 Å². The van der Waals surface area contributed by atoms with E-state index in [0.717, 1.165) is 56.9 Å². The Kier molecular flexibility index (Phi) is 9.07. The van der Waals surface area contributed by atoms with Crippen molar-refractivity contribution in [1.29, 1.82) is 0 Å². The first-order valence-corrected chi connectivity index (χ1v) is 13.0. The number of allylic oxidation sites excluding steroid dienone is 1. The summed E-state index contributed by atoms with van der Waals surface area (Å²) in [6, 6.07) is 8.83. The molecule has 0 heterocycles. The quantitative estimate of drug-likeness (QED) is 0.374. The molecule has 190 valence electrons. The highest BCUT2D eigenvalue weighted by Gasteiger charge is 2.29. The Labute approximate surface area is 207 Å². The van der Waals surface area contributed by atoms with E-state index in [1.807, 2.05) is 31.2 Å². The highest BCUT2D eigenvalue weighted by atomic mass is 19.2. The molecule has 0 unspecified atom stereocenters. The van der Waals surface area contributed by atoms with Crippen LogP contribution in [0.15, 0.2) is 36.4 Å². The molecule has 0 amide bonds. The van der Waals surface area contributed by atoms with Crippen molar-refractivity contribution in [3.63, 3.8) is 0 Å². The predicted molar refractivity (Wildman–Crippen MR) is 134 cm³/mol. The number of ether oxygens (including phenoxy) is 2. The van der Waals surface area contributed by atoms with Crippen molar-refractivity contribution < 1.29 is 22.6 Å². The highest BCUT2D eigenvalue weighted by Crippen LogP contribution is 2.41. The van der Waals surface area contributed by atoms with Crippen LogP contribution in [0.5, 0.6) is 0 Å².